The number of nitrogens with two attached hydrogens (primary N) is 1. The van der Waals surface area contributed by atoms with Gasteiger partial charge in [0.15, 0.2) is 22.3 Å². The van der Waals surface area contributed by atoms with Crippen molar-refractivity contribution in [3.8, 4) is 0 Å². The van der Waals surface area contributed by atoms with Crippen LogP contribution >= 0.6 is 0 Å². The lowest BCUT2D eigenvalue weighted by atomic mass is 9.97. The Morgan fingerprint density at radius 3 is 1.70 bits per heavy atom. The van der Waals surface area contributed by atoms with E-state index in [1.807, 2.05) is 42.5 Å². The molecule has 0 saturated carbocycles. The number of allylic oxidation sites excluding steroid dienone is 2. The van der Waals surface area contributed by atoms with Gasteiger partial charge in [0, 0.05) is 6.08 Å². The molecule has 0 aliphatic carbocycles. The number of hydrogen-bond donors (Lipinski definition) is 1. The Kier molecular flexibility index (Phi) is 12.7. The SMILES string of the molecule is [CH2-][NH2+]C(=CC=C(c1ccccc1)c1ccccc1)C(=O)OCCC[Si](C)(O[Si](C)(C)C)O[Si](C)(C)O[Si](C)(C)C. The molecule has 0 saturated heterocycles. The number of hydrogen-bond acceptors (Lipinski definition) is 5. The van der Waals surface area contributed by atoms with Crippen LogP contribution in [0.3, 0.4) is 0 Å². The molecule has 0 amide bonds. The largest absolute Gasteiger partial charge is 0.458 e. The average molecular weight is 616 g/mol. The van der Waals surface area contributed by atoms with Gasteiger partial charge in [-0.1, -0.05) is 60.7 Å². The van der Waals surface area contributed by atoms with E-state index in [9.17, 15) is 4.79 Å². The van der Waals surface area contributed by atoms with Crippen molar-refractivity contribution >= 4 is 45.3 Å². The third-order valence-electron chi connectivity index (χ3n) is 5.60. The summed E-state index contributed by atoms with van der Waals surface area (Å²) < 4.78 is 25.5. The van der Waals surface area contributed by atoms with Gasteiger partial charge in [0.05, 0.1) is 6.61 Å². The van der Waals surface area contributed by atoms with E-state index in [1.165, 1.54) is 0 Å². The Morgan fingerprint density at radius 2 is 1.25 bits per heavy atom. The molecule has 0 radical (unpaired) electrons. The van der Waals surface area contributed by atoms with Crippen LogP contribution in [0.1, 0.15) is 17.5 Å². The highest BCUT2D eigenvalue weighted by Crippen LogP contribution is 2.28. The van der Waals surface area contributed by atoms with E-state index in [2.05, 4.69) is 90.2 Å². The maximum Gasteiger partial charge on any atom is 0.390 e. The van der Waals surface area contributed by atoms with Crippen LogP contribution in [0.2, 0.25) is 65.0 Å². The molecule has 1 atom stereocenters. The fourth-order valence-electron chi connectivity index (χ4n) is 4.68. The predicted molar refractivity (Wildman–Crippen MR) is 175 cm³/mol. The number of carbonyl (C=O) groups excluding carboxylic acids is 1. The maximum atomic E-state index is 13.0. The first-order chi connectivity index (χ1) is 18.5. The lowest BCUT2D eigenvalue weighted by Crippen LogP contribution is -2.76. The zero-order valence-corrected chi connectivity index (χ0v) is 29.9. The molecule has 0 fully saturated rings. The van der Waals surface area contributed by atoms with Gasteiger partial charge in [-0.3, -0.25) is 0 Å². The molecule has 10 heteroatoms. The van der Waals surface area contributed by atoms with E-state index in [-0.39, 0.29) is 12.6 Å². The highest BCUT2D eigenvalue weighted by molar-refractivity contribution is 6.89. The van der Waals surface area contributed by atoms with Gasteiger partial charge >= 0.3 is 23.1 Å². The van der Waals surface area contributed by atoms with Crippen LogP contribution in [0.4, 0.5) is 0 Å². The fraction of sp³-hybridized carbons (Fsp3) is 0.400. The van der Waals surface area contributed by atoms with Crippen LogP contribution in [0.15, 0.2) is 78.5 Å². The first-order valence-electron chi connectivity index (χ1n) is 14.0. The van der Waals surface area contributed by atoms with E-state index in [0.29, 0.717) is 12.1 Å². The average Bonchev–Trinajstić information content (AvgIpc) is 2.82. The number of carbonyl (C=O) groups is 1. The molecule has 2 aromatic rings. The van der Waals surface area contributed by atoms with E-state index < -0.39 is 33.8 Å². The molecule has 0 aliphatic rings. The Balaban J connectivity index is 2.11. The second-order valence-corrected chi connectivity index (χ2v) is 28.9. The third kappa shape index (κ3) is 12.7. The van der Waals surface area contributed by atoms with E-state index in [4.69, 9.17) is 17.1 Å². The van der Waals surface area contributed by atoms with Gasteiger partial charge in [-0.05, 0) is 94.2 Å². The molecule has 2 N–H and O–H groups in total. The molecule has 220 valence electrons. The molecular formula is C30H49NO5Si4. The third-order valence-corrected chi connectivity index (χ3v) is 19.1. The molecule has 0 aliphatic heterocycles. The molecule has 0 spiro atoms. The molecule has 2 aromatic carbocycles. The van der Waals surface area contributed by atoms with Gasteiger partial charge in [-0.25, -0.2) is 4.79 Å². The van der Waals surface area contributed by atoms with Gasteiger partial charge in [-0.2, -0.15) is 0 Å². The standard InChI is InChI=1S/C30H49NO5Si4/c1-31-29(23-22-28(26-18-13-11-14-19-26)27-20-15-12-16-21-27)30(32)33-24-17-25-40(10,35-38(5,6)7)36-39(8,9)34-37(2,3)4/h11-16,18-23H,1,17,24-25,31H2,2-10H3. The highest BCUT2D eigenvalue weighted by atomic mass is 28.5. The van der Waals surface area contributed by atoms with Crippen molar-refractivity contribution in [2.24, 2.45) is 0 Å². The van der Waals surface area contributed by atoms with Gasteiger partial charge in [0.1, 0.15) is 0 Å². The van der Waals surface area contributed by atoms with Crippen LogP contribution in [0.25, 0.3) is 5.57 Å². The van der Waals surface area contributed by atoms with Crippen molar-refractivity contribution in [1.82, 2.24) is 0 Å². The van der Waals surface area contributed by atoms with Crippen molar-refractivity contribution in [2.75, 3.05) is 6.61 Å². The van der Waals surface area contributed by atoms with Crippen LogP contribution in [-0.4, -0.2) is 46.3 Å². The van der Waals surface area contributed by atoms with Gasteiger partial charge in [0.2, 0.25) is 0 Å². The minimum atomic E-state index is -2.55. The Bertz CT molecular complexity index is 1100. The minimum Gasteiger partial charge on any atom is -0.458 e. The summed E-state index contributed by atoms with van der Waals surface area (Å²) in [6.07, 6.45) is 4.40. The molecule has 0 heterocycles. The number of benzene rings is 2. The molecule has 0 bridgehead atoms. The second kappa shape index (κ2) is 14.8. The summed E-state index contributed by atoms with van der Waals surface area (Å²) in [4.78, 5) is 13.0. The van der Waals surface area contributed by atoms with Gasteiger partial charge < -0.3 is 22.4 Å². The summed E-state index contributed by atoms with van der Waals surface area (Å²) in [6, 6.07) is 21.0. The molecule has 40 heavy (non-hydrogen) atoms. The Morgan fingerprint density at radius 1 is 0.750 bits per heavy atom. The smallest absolute Gasteiger partial charge is 0.390 e. The Labute approximate surface area is 246 Å². The van der Waals surface area contributed by atoms with Crippen LogP contribution in [0, 0.1) is 7.05 Å². The van der Waals surface area contributed by atoms with Gasteiger partial charge in [0.25, 0.3) is 0 Å². The van der Waals surface area contributed by atoms with E-state index >= 15 is 0 Å². The molecule has 0 aromatic heterocycles. The lowest BCUT2D eigenvalue weighted by molar-refractivity contribution is -0.538. The normalized spacial score (nSPS) is 14.4. The Hall–Kier alpha value is -1.90. The maximum absolute atomic E-state index is 13.0. The quantitative estimate of drug-likeness (QED) is 0.0597. The highest BCUT2D eigenvalue weighted by Gasteiger charge is 2.44. The molecule has 1 unspecified atom stereocenters. The summed E-state index contributed by atoms with van der Waals surface area (Å²) in [5, 5.41) is 1.55. The molecule has 6 nitrogen and oxygen atoms in total. The number of esters is 1. The summed E-state index contributed by atoms with van der Waals surface area (Å²) in [6.45, 7) is 19.7. The summed E-state index contributed by atoms with van der Waals surface area (Å²) in [7, 11) is -4.68. The van der Waals surface area contributed by atoms with Crippen molar-refractivity contribution in [2.45, 2.75) is 71.4 Å². The van der Waals surface area contributed by atoms with Crippen LogP contribution in [0.5, 0.6) is 0 Å². The van der Waals surface area contributed by atoms with E-state index in [0.717, 1.165) is 22.7 Å². The van der Waals surface area contributed by atoms with E-state index in [1.54, 1.807) is 11.4 Å². The minimum absolute atomic E-state index is 0.288. The van der Waals surface area contributed by atoms with Crippen molar-refractivity contribution in [3.63, 3.8) is 0 Å². The van der Waals surface area contributed by atoms with Crippen molar-refractivity contribution in [1.29, 1.82) is 0 Å². The van der Waals surface area contributed by atoms with Crippen molar-refractivity contribution in [3.05, 3.63) is 96.7 Å². The predicted octanol–water partition coefficient (Wildman–Crippen LogP) is 6.78. The van der Waals surface area contributed by atoms with Crippen molar-refractivity contribution < 1.29 is 27.2 Å². The first kappa shape index (κ1) is 34.3. The summed E-state index contributed by atoms with van der Waals surface area (Å²) in [5.41, 5.74) is 3.56. The number of quaternary nitrogens is 1. The number of ether oxygens (including phenoxy) is 1. The van der Waals surface area contributed by atoms with Gasteiger partial charge in [-0.15, -0.1) is 7.05 Å². The molecular weight excluding hydrogens is 567 g/mol. The van der Waals surface area contributed by atoms with Crippen LogP contribution in [-0.2, 0) is 21.9 Å². The number of rotatable bonds is 15. The zero-order chi connectivity index (χ0) is 30.0. The topological polar surface area (TPSA) is 70.6 Å². The monoisotopic (exact) mass is 615 g/mol. The zero-order valence-electron chi connectivity index (χ0n) is 25.9. The van der Waals surface area contributed by atoms with Crippen LogP contribution < -0.4 is 5.32 Å². The molecule has 2 rings (SSSR count). The summed E-state index contributed by atoms with van der Waals surface area (Å²) >= 11 is 0. The second-order valence-electron chi connectivity index (χ2n) is 12.4. The fourth-order valence-corrected chi connectivity index (χ4v) is 22.6. The lowest BCUT2D eigenvalue weighted by Gasteiger charge is -2.41. The summed E-state index contributed by atoms with van der Waals surface area (Å²) in [5.74, 6) is -0.390. The first-order valence-corrected chi connectivity index (χ1v) is 26.1.